The van der Waals surface area contributed by atoms with Crippen LogP contribution in [-0.2, 0) is 14.8 Å². The zero-order valence-corrected chi connectivity index (χ0v) is 16.5. The molecule has 0 aromatic heterocycles. The highest BCUT2D eigenvalue weighted by Gasteiger charge is 2.27. The minimum Gasteiger partial charge on any atom is -0.497 e. The Kier molecular flexibility index (Phi) is 6.05. The average molecular weight is 406 g/mol. The molecule has 0 saturated heterocycles. The maximum Gasteiger partial charge on any atom is 0.243 e. The van der Waals surface area contributed by atoms with Crippen LogP contribution in [0, 0.1) is 0 Å². The lowest BCUT2D eigenvalue weighted by Gasteiger charge is -2.22. The van der Waals surface area contributed by atoms with Gasteiger partial charge in [0.05, 0.1) is 18.6 Å². The zero-order valence-electron chi connectivity index (χ0n) is 15.7. The Bertz CT molecular complexity index is 943. The average Bonchev–Trinajstić information content (AvgIpc) is 2.72. The number of likely N-dealkylation sites (N-methyl/N-ethyl adjacent to an activating group) is 1. The number of carbonyl (C=O) groups excluding carboxylic acids is 1. The number of methoxy groups -OCH3 is 1. The number of hydrogen-bond donors (Lipinski definition) is 1. The second kappa shape index (κ2) is 8.49. The van der Waals surface area contributed by atoms with Gasteiger partial charge in [0.15, 0.2) is 11.5 Å². The molecular formula is C19H22N2O6S. The van der Waals surface area contributed by atoms with E-state index in [1.165, 1.54) is 12.1 Å². The maximum atomic E-state index is 13.0. The van der Waals surface area contributed by atoms with Gasteiger partial charge in [-0.05, 0) is 36.4 Å². The molecule has 0 bridgehead atoms. The predicted molar refractivity (Wildman–Crippen MR) is 103 cm³/mol. The fraction of sp³-hybridized carbons (Fsp3) is 0.316. The zero-order chi connectivity index (χ0) is 20.1. The molecule has 150 valence electrons. The molecule has 1 heterocycles. The van der Waals surface area contributed by atoms with E-state index in [1.807, 2.05) is 0 Å². The van der Waals surface area contributed by atoms with Crippen LogP contribution in [0.2, 0.25) is 0 Å². The lowest BCUT2D eigenvalue weighted by Crippen LogP contribution is -2.37. The van der Waals surface area contributed by atoms with E-state index in [4.69, 9.17) is 14.2 Å². The van der Waals surface area contributed by atoms with Gasteiger partial charge in [0.1, 0.15) is 19.0 Å². The number of anilines is 1. The van der Waals surface area contributed by atoms with Crippen LogP contribution in [0.25, 0.3) is 0 Å². The van der Waals surface area contributed by atoms with Crippen LogP contribution < -0.4 is 19.5 Å². The van der Waals surface area contributed by atoms with Gasteiger partial charge in [-0.25, -0.2) is 8.42 Å². The molecule has 1 aliphatic rings. The van der Waals surface area contributed by atoms with Gasteiger partial charge in [0.25, 0.3) is 0 Å². The molecule has 0 spiro atoms. The van der Waals surface area contributed by atoms with Crippen LogP contribution in [0.1, 0.15) is 6.92 Å². The summed E-state index contributed by atoms with van der Waals surface area (Å²) in [5, 5.41) is 2.69. The van der Waals surface area contributed by atoms with Crippen molar-refractivity contribution in [3.05, 3.63) is 42.5 Å². The van der Waals surface area contributed by atoms with Crippen LogP contribution in [-0.4, -0.2) is 52.0 Å². The van der Waals surface area contributed by atoms with Crippen molar-refractivity contribution in [3.63, 3.8) is 0 Å². The van der Waals surface area contributed by atoms with Gasteiger partial charge >= 0.3 is 0 Å². The van der Waals surface area contributed by atoms with E-state index in [-0.39, 0.29) is 18.0 Å². The van der Waals surface area contributed by atoms with E-state index in [1.54, 1.807) is 44.4 Å². The van der Waals surface area contributed by atoms with Crippen molar-refractivity contribution in [2.75, 3.05) is 38.7 Å². The van der Waals surface area contributed by atoms with Crippen LogP contribution in [0.5, 0.6) is 17.2 Å². The Labute approximate surface area is 164 Å². The maximum absolute atomic E-state index is 13.0. The SMILES string of the molecule is CCN(CC(=O)Nc1ccc(OC)cc1)S(=O)(=O)c1ccc2c(c1)OCCO2. The lowest BCUT2D eigenvalue weighted by atomic mass is 10.3. The first-order valence-corrected chi connectivity index (χ1v) is 10.2. The largest absolute Gasteiger partial charge is 0.497 e. The summed E-state index contributed by atoms with van der Waals surface area (Å²) in [6, 6.07) is 11.2. The van der Waals surface area contributed by atoms with Crippen LogP contribution in [0.15, 0.2) is 47.4 Å². The Morgan fingerprint density at radius 3 is 2.43 bits per heavy atom. The number of fused-ring (bicyclic) bond motifs is 1. The lowest BCUT2D eigenvalue weighted by molar-refractivity contribution is -0.116. The number of sulfonamides is 1. The van der Waals surface area contributed by atoms with Gasteiger partial charge in [-0.3, -0.25) is 4.79 Å². The monoisotopic (exact) mass is 406 g/mol. The van der Waals surface area contributed by atoms with E-state index in [0.29, 0.717) is 36.1 Å². The quantitative estimate of drug-likeness (QED) is 0.757. The molecule has 2 aromatic carbocycles. The molecule has 0 aliphatic carbocycles. The summed E-state index contributed by atoms with van der Waals surface area (Å²) in [5.41, 5.74) is 0.554. The van der Waals surface area contributed by atoms with Gasteiger partial charge in [-0.1, -0.05) is 6.92 Å². The first-order valence-electron chi connectivity index (χ1n) is 8.77. The number of amides is 1. The molecule has 1 N–H and O–H groups in total. The molecule has 1 aliphatic heterocycles. The van der Waals surface area contributed by atoms with E-state index in [2.05, 4.69) is 5.32 Å². The van der Waals surface area contributed by atoms with Gasteiger partial charge in [-0.2, -0.15) is 4.31 Å². The van der Waals surface area contributed by atoms with E-state index < -0.39 is 15.9 Å². The Hall–Kier alpha value is -2.78. The second-order valence-corrected chi connectivity index (χ2v) is 7.95. The van der Waals surface area contributed by atoms with E-state index in [0.717, 1.165) is 4.31 Å². The van der Waals surface area contributed by atoms with Crippen molar-refractivity contribution >= 4 is 21.6 Å². The highest BCUT2D eigenvalue weighted by molar-refractivity contribution is 7.89. The molecule has 1 amide bonds. The minimum atomic E-state index is -3.87. The standard InChI is InChI=1S/C19H22N2O6S/c1-3-21(13-19(22)20-14-4-6-15(25-2)7-5-14)28(23,24)16-8-9-17-18(12-16)27-11-10-26-17/h4-9,12H,3,10-11,13H2,1-2H3,(H,20,22). The normalized spacial score (nSPS) is 13.2. The third-order valence-electron chi connectivity index (χ3n) is 4.20. The van der Waals surface area contributed by atoms with Gasteiger partial charge < -0.3 is 19.5 Å². The van der Waals surface area contributed by atoms with Gasteiger partial charge in [0.2, 0.25) is 15.9 Å². The number of nitrogens with one attached hydrogen (secondary N) is 1. The first-order chi connectivity index (χ1) is 13.4. The van der Waals surface area contributed by atoms with E-state index in [9.17, 15) is 13.2 Å². The summed E-state index contributed by atoms with van der Waals surface area (Å²) in [4.78, 5) is 12.4. The minimum absolute atomic E-state index is 0.0517. The number of nitrogens with zero attached hydrogens (tertiary/aromatic N) is 1. The number of hydrogen-bond acceptors (Lipinski definition) is 6. The molecule has 0 unspecified atom stereocenters. The highest BCUT2D eigenvalue weighted by atomic mass is 32.2. The summed E-state index contributed by atoms with van der Waals surface area (Å²) in [7, 11) is -2.31. The summed E-state index contributed by atoms with van der Waals surface area (Å²) >= 11 is 0. The van der Waals surface area contributed by atoms with Crippen LogP contribution in [0.4, 0.5) is 5.69 Å². The molecule has 0 saturated carbocycles. The van der Waals surface area contributed by atoms with Crippen molar-refractivity contribution in [1.29, 1.82) is 0 Å². The predicted octanol–water partition coefficient (Wildman–Crippen LogP) is 2.12. The van der Waals surface area contributed by atoms with Gasteiger partial charge in [0, 0.05) is 18.3 Å². The van der Waals surface area contributed by atoms with Gasteiger partial charge in [-0.15, -0.1) is 0 Å². The highest BCUT2D eigenvalue weighted by Crippen LogP contribution is 2.33. The number of carbonyl (C=O) groups is 1. The van der Waals surface area contributed by atoms with Crippen molar-refractivity contribution in [1.82, 2.24) is 4.31 Å². The molecule has 0 fully saturated rings. The van der Waals surface area contributed by atoms with Crippen molar-refractivity contribution < 1.29 is 27.4 Å². The summed E-state index contributed by atoms with van der Waals surface area (Å²) < 4.78 is 43.0. The third kappa shape index (κ3) is 4.37. The van der Waals surface area contributed by atoms with Crippen molar-refractivity contribution in [2.45, 2.75) is 11.8 Å². The first kappa shape index (κ1) is 20.0. The molecule has 0 radical (unpaired) electrons. The Balaban J connectivity index is 1.73. The Morgan fingerprint density at radius 2 is 1.79 bits per heavy atom. The molecule has 3 rings (SSSR count). The number of ether oxygens (including phenoxy) is 3. The Morgan fingerprint density at radius 1 is 1.11 bits per heavy atom. The smallest absolute Gasteiger partial charge is 0.243 e. The summed E-state index contributed by atoms with van der Waals surface area (Å²) in [5.74, 6) is 1.11. The molecule has 9 heteroatoms. The molecule has 8 nitrogen and oxygen atoms in total. The third-order valence-corrected chi connectivity index (χ3v) is 6.11. The molecular weight excluding hydrogens is 384 g/mol. The van der Waals surface area contributed by atoms with E-state index >= 15 is 0 Å². The fourth-order valence-corrected chi connectivity index (χ4v) is 4.16. The number of rotatable bonds is 7. The summed E-state index contributed by atoms with van der Waals surface area (Å²) in [6.45, 7) is 2.30. The second-order valence-electron chi connectivity index (χ2n) is 6.01. The number of benzene rings is 2. The van der Waals surface area contributed by atoms with Crippen molar-refractivity contribution in [3.8, 4) is 17.2 Å². The fourth-order valence-electron chi connectivity index (χ4n) is 2.73. The van der Waals surface area contributed by atoms with Crippen LogP contribution in [0.3, 0.4) is 0 Å². The molecule has 28 heavy (non-hydrogen) atoms. The topological polar surface area (TPSA) is 94.2 Å². The molecule has 2 aromatic rings. The summed E-state index contributed by atoms with van der Waals surface area (Å²) in [6.07, 6.45) is 0. The van der Waals surface area contributed by atoms with Crippen LogP contribution >= 0.6 is 0 Å². The van der Waals surface area contributed by atoms with Crippen molar-refractivity contribution in [2.24, 2.45) is 0 Å². The molecule has 0 atom stereocenters.